The van der Waals surface area contributed by atoms with Crippen molar-refractivity contribution in [2.45, 2.75) is 25.7 Å². The smallest absolute Gasteiger partial charge is 0.313 e. The van der Waals surface area contributed by atoms with Crippen LogP contribution in [0.2, 0.25) is 0 Å². The topological polar surface area (TPSA) is 52.3 Å². The highest BCUT2D eigenvalue weighted by molar-refractivity contribution is 5.79. The molecule has 0 unspecified atom stereocenters. The van der Waals surface area contributed by atoms with Gasteiger partial charge in [0.1, 0.15) is 0 Å². The molecule has 0 aromatic heterocycles. The summed E-state index contributed by atoms with van der Waals surface area (Å²) in [5.74, 6) is 0.954. The zero-order chi connectivity index (χ0) is 9.47. The monoisotopic (exact) mass is 183 g/mol. The van der Waals surface area contributed by atoms with E-state index in [1.807, 2.05) is 0 Å². The first-order valence-corrected chi connectivity index (χ1v) is 5.04. The zero-order valence-corrected chi connectivity index (χ0v) is 8.08. The Labute approximate surface area is 78.6 Å². The molecule has 2 aliphatic carbocycles. The van der Waals surface area contributed by atoms with Crippen molar-refractivity contribution in [2.24, 2.45) is 23.0 Å². The van der Waals surface area contributed by atoms with Crippen molar-refractivity contribution in [1.29, 1.82) is 0 Å². The fourth-order valence-electron chi connectivity index (χ4n) is 2.47. The average Bonchev–Trinajstić information content (AvgIpc) is 2.98. The van der Waals surface area contributed by atoms with Crippen molar-refractivity contribution in [2.75, 3.05) is 13.7 Å². The maximum atomic E-state index is 11.7. The molecule has 0 aliphatic heterocycles. The molecule has 0 heterocycles. The molecule has 0 aromatic rings. The van der Waals surface area contributed by atoms with E-state index in [2.05, 4.69) is 0 Å². The molecule has 2 N–H and O–H groups in total. The van der Waals surface area contributed by atoms with Gasteiger partial charge in [-0.05, 0) is 37.5 Å². The van der Waals surface area contributed by atoms with Crippen LogP contribution in [0.3, 0.4) is 0 Å². The van der Waals surface area contributed by atoms with Crippen molar-refractivity contribution in [3.63, 3.8) is 0 Å². The predicted octanol–water partition coefficient (Wildman–Crippen LogP) is 0.924. The first-order chi connectivity index (χ1) is 6.25. The molecule has 0 aromatic carbocycles. The van der Waals surface area contributed by atoms with Gasteiger partial charge in [0.05, 0.1) is 12.5 Å². The molecule has 0 bridgehead atoms. The molecule has 2 rings (SSSR count). The normalized spacial score (nSPS) is 22.9. The average molecular weight is 183 g/mol. The third-order valence-corrected chi connectivity index (χ3v) is 3.51. The van der Waals surface area contributed by atoms with Gasteiger partial charge in [-0.1, -0.05) is 0 Å². The summed E-state index contributed by atoms with van der Waals surface area (Å²) >= 11 is 0. The van der Waals surface area contributed by atoms with Gasteiger partial charge in [0.15, 0.2) is 0 Å². The minimum absolute atomic E-state index is 0.0694. The summed E-state index contributed by atoms with van der Waals surface area (Å²) in [6.07, 6.45) is 4.62. The SMILES string of the molecule is COC(=O)C(CN)(C1CC1)C1CC1. The van der Waals surface area contributed by atoms with Crippen molar-refractivity contribution >= 4 is 5.97 Å². The Kier molecular flexibility index (Phi) is 2.06. The summed E-state index contributed by atoms with van der Waals surface area (Å²) in [4.78, 5) is 11.7. The number of hydrogen-bond acceptors (Lipinski definition) is 3. The van der Waals surface area contributed by atoms with Crippen LogP contribution in [0.15, 0.2) is 0 Å². The molecule has 0 saturated heterocycles. The standard InChI is InChI=1S/C10H17NO2/c1-13-9(12)10(6-11,7-2-3-7)8-4-5-8/h7-8H,2-6,11H2,1H3. The lowest BCUT2D eigenvalue weighted by molar-refractivity contribution is -0.155. The second-order valence-corrected chi connectivity index (χ2v) is 4.28. The van der Waals surface area contributed by atoms with Crippen molar-refractivity contribution in [3.05, 3.63) is 0 Å². The van der Waals surface area contributed by atoms with Gasteiger partial charge in [0.2, 0.25) is 0 Å². The lowest BCUT2D eigenvalue weighted by Crippen LogP contribution is -2.43. The number of nitrogens with two attached hydrogens (primary N) is 1. The first-order valence-electron chi connectivity index (χ1n) is 5.04. The van der Waals surface area contributed by atoms with Crippen LogP contribution in [0, 0.1) is 17.3 Å². The fourth-order valence-corrected chi connectivity index (χ4v) is 2.47. The van der Waals surface area contributed by atoms with E-state index in [4.69, 9.17) is 10.5 Å². The summed E-state index contributed by atoms with van der Waals surface area (Å²) in [5.41, 5.74) is 5.45. The molecule has 2 fully saturated rings. The number of ether oxygens (including phenoxy) is 1. The van der Waals surface area contributed by atoms with Crippen LogP contribution >= 0.6 is 0 Å². The van der Waals surface area contributed by atoms with E-state index in [0.717, 1.165) is 25.7 Å². The molecule has 3 nitrogen and oxygen atoms in total. The fraction of sp³-hybridized carbons (Fsp3) is 0.900. The number of carbonyl (C=O) groups is 1. The van der Waals surface area contributed by atoms with Crippen molar-refractivity contribution in [1.82, 2.24) is 0 Å². The highest BCUT2D eigenvalue weighted by Gasteiger charge is 2.58. The van der Waals surface area contributed by atoms with E-state index >= 15 is 0 Å². The molecular formula is C10H17NO2. The van der Waals surface area contributed by atoms with E-state index in [9.17, 15) is 4.79 Å². The van der Waals surface area contributed by atoms with Crippen LogP contribution < -0.4 is 5.73 Å². The molecule has 74 valence electrons. The van der Waals surface area contributed by atoms with Gasteiger partial charge in [-0.2, -0.15) is 0 Å². The van der Waals surface area contributed by atoms with Crippen LogP contribution in [-0.4, -0.2) is 19.6 Å². The van der Waals surface area contributed by atoms with E-state index in [-0.39, 0.29) is 11.4 Å². The van der Waals surface area contributed by atoms with Gasteiger partial charge in [-0.15, -0.1) is 0 Å². The minimum atomic E-state index is -0.311. The first kappa shape index (κ1) is 9.00. The predicted molar refractivity (Wildman–Crippen MR) is 49.0 cm³/mol. The Balaban J connectivity index is 2.19. The molecule has 0 spiro atoms. The van der Waals surface area contributed by atoms with Crippen LogP contribution in [0.25, 0.3) is 0 Å². The molecule has 0 radical (unpaired) electrons. The molecule has 2 aliphatic rings. The third kappa shape index (κ3) is 1.26. The van der Waals surface area contributed by atoms with Gasteiger partial charge >= 0.3 is 5.97 Å². The Hall–Kier alpha value is -0.570. The minimum Gasteiger partial charge on any atom is -0.469 e. The Morgan fingerprint density at radius 2 is 1.85 bits per heavy atom. The molecular weight excluding hydrogens is 166 g/mol. The van der Waals surface area contributed by atoms with Crippen molar-refractivity contribution in [3.8, 4) is 0 Å². The Morgan fingerprint density at radius 3 is 2.08 bits per heavy atom. The summed E-state index contributed by atoms with van der Waals surface area (Å²) in [7, 11) is 1.47. The summed E-state index contributed by atoms with van der Waals surface area (Å²) in [6, 6.07) is 0. The van der Waals surface area contributed by atoms with Gasteiger partial charge in [-0.25, -0.2) is 0 Å². The largest absolute Gasteiger partial charge is 0.469 e. The van der Waals surface area contributed by atoms with E-state index < -0.39 is 0 Å². The summed E-state index contributed by atoms with van der Waals surface area (Å²) in [5, 5.41) is 0. The lowest BCUT2D eigenvalue weighted by Gasteiger charge is -2.29. The van der Waals surface area contributed by atoms with Gasteiger partial charge in [0.25, 0.3) is 0 Å². The number of rotatable bonds is 4. The van der Waals surface area contributed by atoms with E-state index in [1.165, 1.54) is 7.11 Å². The van der Waals surface area contributed by atoms with Gasteiger partial charge < -0.3 is 10.5 Å². The number of hydrogen-bond donors (Lipinski definition) is 1. The quantitative estimate of drug-likeness (QED) is 0.659. The van der Waals surface area contributed by atoms with E-state index in [0.29, 0.717) is 18.4 Å². The highest BCUT2D eigenvalue weighted by atomic mass is 16.5. The second-order valence-electron chi connectivity index (χ2n) is 4.28. The van der Waals surface area contributed by atoms with E-state index in [1.54, 1.807) is 0 Å². The molecule has 0 amide bonds. The lowest BCUT2D eigenvalue weighted by atomic mass is 9.77. The number of methoxy groups -OCH3 is 1. The van der Waals surface area contributed by atoms with Crippen LogP contribution in [0.5, 0.6) is 0 Å². The Bertz CT molecular complexity index is 207. The zero-order valence-electron chi connectivity index (χ0n) is 8.08. The molecule has 2 saturated carbocycles. The second kappa shape index (κ2) is 2.98. The highest BCUT2D eigenvalue weighted by Crippen LogP contribution is 2.57. The summed E-state index contributed by atoms with van der Waals surface area (Å²) < 4.78 is 4.89. The Morgan fingerprint density at radius 1 is 1.38 bits per heavy atom. The maximum absolute atomic E-state index is 11.7. The van der Waals surface area contributed by atoms with Crippen LogP contribution in [0.1, 0.15) is 25.7 Å². The number of esters is 1. The third-order valence-electron chi connectivity index (χ3n) is 3.51. The molecule has 13 heavy (non-hydrogen) atoms. The maximum Gasteiger partial charge on any atom is 0.313 e. The van der Waals surface area contributed by atoms with Crippen LogP contribution in [-0.2, 0) is 9.53 Å². The summed E-state index contributed by atoms with van der Waals surface area (Å²) in [6.45, 7) is 0.467. The van der Waals surface area contributed by atoms with Crippen LogP contribution in [0.4, 0.5) is 0 Å². The molecule has 3 heteroatoms. The van der Waals surface area contributed by atoms with Gasteiger partial charge in [0, 0.05) is 6.54 Å². The number of carbonyl (C=O) groups excluding carboxylic acids is 1. The van der Waals surface area contributed by atoms with Crippen molar-refractivity contribution < 1.29 is 9.53 Å². The van der Waals surface area contributed by atoms with Gasteiger partial charge in [-0.3, -0.25) is 4.79 Å². The molecule has 0 atom stereocenters.